The van der Waals surface area contributed by atoms with E-state index >= 15 is 0 Å². The Morgan fingerprint density at radius 1 is 0.826 bits per heavy atom. The van der Waals surface area contributed by atoms with Gasteiger partial charge in [0, 0.05) is 19.5 Å². The quantitative estimate of drug-likeness (QED) is 0.397. The number of aliphatic imine (C=N–C) groups is 1. The predicted octanol–water partition coefficient (Wildman–Crippen LogP) is 5.17. The third-order valence-corrected chi connectivity index (χ3v) is 4.90. The van der Waals surface area contributed by atoms with E-state index in [0.29, 0.717) is 0 Å². The first kappa shape index (κ1) is 20.5. The van der Waals surface area contributed by atoms with Gasteiger partial charge >= 0.3 is 0 Å². The average Bonchev–Trinajstić information content (AvgIpc) is 2.99. The van der Waals surface area contributed by atoms with Gasteiger partial charge in [0.25, 0.3) is 0 Å². The number of unbranched alkanes of at least 4 members (excludes halogenated alkanes) is 12. The summed E-state index contributed by atoms with van der Waals surface area (Å²) in [6.07, 6.45) is 19.4. The molecule has 0 unspecified atom stereocenters. The van der Waals surface area contributed by atoms with Crippen molar-refractivity contribution >= 4 is 5.84 Å². The van der Waals surface area contributed by atoms with E-state index in [0.717, 1.165) is 26.1 Å². The van der Waals surface area contributed by atoms with Crippen molar-refractivity contribution < 1.29 is 5.11 Å². The van der Waals surface area contributed by atoms with Crippen molar-refractivity contribution in [2.45, 2.75) is 96.8 Å². The molecule has 0 saturated carbocycles. The molecule has 0 fully saturated rings. The Balaban J connectivity index is 1.80. The molecule has 23 heavy (non-hydrogen) atoms. The largest absolute Gasteiger partial charge is 0.395 e. The molecule has 0 spiro atoms. The van der Waals surface area contributed by atoms with Gasteiger partial charge in [0.1, 0.15) is 0 Å². The molecular formula is C20H40N2O. The van der Waals surface area contributed by atoms with Gasteiger partial charge in [-0.3, -0.25) is 4.99 Å². The minimum Gasteiger partial charge on any atom is -0.395 e. The molecule has 1 heterocycles. The van der Waals surface area contributed by atoms with Crippen molar-refractivity contribution in [2.24, 2.45) is 4.99 Å². The maximum absolute atomic E-state index is 9.03. The molecule has 136 valence electrons. The molecule has 1 N–H and O–H groups in total. The van der Waals surface area contributed by atoms with Crippen LogP contribution >= 0.6 is 0 Å². The summed E-state index contributed by atoms with van der Waals surface area (Å²) in [7, 11) is 0. The topological polar surface area (TPSA) is 35.8 Å². The van der Waals surface area contributed by atoms with Crippen LogP contribution in [0.2, 0.25) is 0 Å². The Morgan fingerprint density at radius 3 is 1.87 bits per heavy atom. The van der Waals surface area contributed by atoms with E-state index in [4.69, 9.17) is 5.11 Å². The SMILES string of the molecule is CCCCCCCCCCCCCCCC1=NCCN1CCO. The summed E-state index contributed by atoms with van der Waals surface area (Å²) in [5.74, 6) is 1.24. The van der Waals surface area contributed by atoms with Crippen LogP contribution < -0.4 is 0 Å². The number of hydrogen-bond acceptors (Lipinski definition) is 3. The zero-order valence-corrected chi connectivity index (χ0v) is 15.6. The molecule has 0 aromatic carbocycles. The third-order valence-electron chi connectivity index (χ3n) is 4.90. The highest BCUT2D eigenvalue weighted by atomic mass is 16.3. The third kappa shape index (κ3) is 10.8. The average molecular weight is 325 g/mol. The van der Waals surface area contributed by atoms with Gasteiger partial charge in [-0.05, 0) is 6.42 Å². The minimum absolute atomic E-state index is 0.248. The molecule has 0 saturated heterocycles. The Labute approximate surface area is 144 Å². The number of aliphatic hydroxyl groups excluding tert-OH is 1. The Kier molecular flexibility index (Phi) is 13.3. The molecule has 0 aromatic heterocycles. The molecule has 0 aliphatic carbocycles. The van der Waals surface area contributed by atoms with Crippen LogP contribution in [0.5, 0.6) is 0 Å². The molecule has 0 bridgehead atoms. The van der Waals surface area contributed by atoms with Crippen LogP contribution in [-0.4, -0.2) is 42.1 Å². The lowest BCUT2D eigenvalue weighted by Crippen LogP contribution is -2.30. The van der Waals surface area contributed by atoms with Gasteiger partial charge in [-0.15, -0.1) is 0 Å². The molecule has 3 nitrogen and oxygen atoms in total. The Morgan fingerprint density at radius 2 is 1.35 bits per heavy atom. The van der Waals surface area contributed by atoms with E-state index in [1.54, 1.807) is 0 Å². The fourth-order valence-electron chi connectivity index (χ4n) is 3.43. The molecule has 0 aromatic rings. The summed E-state index contributed by atoms with van der Waals surface area (Å²) in [6.45, 7) is 5.23. The summed E-state index contributed by atoms with van der Waals surface area (Å²) >= 11 is 0. The van der Waals surface area contributed by atoms with Crippen molar-refractivity contribution in [3.8, 4) is 0 Å². The maximum atomic E-state index is 9.03. The van der Waals surface area contributed by atoms with E-state index in [1.807, 2.05) is 0 Å². The number of rotatable bonds is 16. The van der Waals surface area contributed by atoms with Gasteiger partial charge in [-0.25, -0.2) is 0 Å². The van der Waals surface area contributed by atoms with Gasteiger partial charge in [-0.1, -0.05) is 84.0 Å². The first-order valence-corrected chi connectivity index (χ1v) is 10.3. The van der Waals surface area contributed by atoms with Crippen LogP contribution in [0.3, 0.4) is 0 Å². The maximum Gasteiger partial charge on any atom is 0.0991 e. The lowest BCUT2D eigenvalue weighted by molar-refractivity contribution is 0.255. The van der Waals surface area contributed by atoms with Crippen molar-refractivity contribution in [3.05, 3.63) is 0 Å². The van der Waals surface area contributed by atoms with Crippen LogP contribution in [0, 0.1) is 0 Å². The standard InChI is InChI=1S/C20H40N2O/c1-2-3-4-5-6-7-8-9-10-11-12-13-14-15-20-21-16-17-22(20)18-19-23/h23H,2-19H2,1H3. The van der Waals surface area contributed by atoms with Gasteiger partial charge in [0.15, 0.2) is 0 Å². The lowest BCUT2D eigenvalue weighted by atomic mass is 10.0. The van der Waals surface area contributed by atoms with Gasteiger partial charge < -0.3 is 10.0 Å². The van der Waals surface area contributed by atoms with Crippen molar-refractivity contribution in [1.82, 2.24) is 4.90 Å². The van der Waals surface area contributed by atoms with Gasteiger partial charge in [-0.2, -0.15) is 0 Å². The van der Waals surface area contributed by atoms with E-state index in [9.17, 15) is 0 Å². The van der Waals surface area contributed by atoms with Crippen molar-refractivity contribution in [3.63, 3.8) is 0 Å². The highest BCUT2D eigenvalue weighted by Crippen LogP contribution is 2.14. The van der Waals surface area contributed by atoms with Crippen LogP contribution in [0.15, 0.2) is 4.99 Å². The highest BCUT2D eigenvalue weighted by Gasteiger charge is 2.14. The summed E-state index contributed by atoms with van der Waals surface area (Å²) < 4.78 is 0. The molecule has 0 atom stereocenters. The zero-order valence-electron chi connectivity index (χ0n) is 15.6. The predicted molar refractivity (Wildman–Crippen MR) is 101 cm³/mol. The Bertz CT molecular complexity index is 291. The summed E-state index contributed by atoms with van der Waals surface area (Å²) in [5.41, 5.74) is 0. The fourth-order valence-corrected chi connectivity index (χ4v) is 3.43. The van der Waals surface area contributed by atoms with Gasteiger partial charge in [0.05, 0.1) is 19.0 Å². The highest BCUT2D eigenvalue weighted by molar-refractivity contribution is 5.83. The number of β-amino-alcohol motifs (C(OH)–C–C–N with tert-alkyl or cyclic N) is 1. The smallest absolute Gasteiger partial charge is 0.0991 e. The van der Waals surface area contributed by atoms with E-state index in [2.05, 4.69) is 16.8 Å². The van der Waals surface area contributed by atoms with E-state index in [1.165, 1.54) is 89.3 Å². The molecule has 1 aliphatic heterocycles. The van der Waals surface area contributed by atoms with Crippen LogP contribution in [0.25, 0.3) is 0 Å². The first-order valence-electron chi connectivity index (χ1n) is 10.3. The van der Waals surface area contributed by atoms with Crippen LogP contribution in [0.1, 0.15) is 96.8 Å². The van der Waals surface area contributed by atoms with Crippen molar-refractivity contribution in [2.75, 3.05) is 26.2 Å². The number of amidine groups is 1. The van der Waals surface area contributed by atoms with Crippen LogP contribution in [0.4, 0.5) is 0 Å². The van der Waals surface area contributed by atoms with E-state index in [-0.39, 0.29) is 6.61 Å². The zero-order chi connectivity index (χ0) is 16.6. The normalized spacial score (nSPS) is 14.5. The second kappa shape index (κ2) is 15.0. The van der Waals surface area contributed by atoms with Gasteiger partial charge in [0.2, 0.25) is 0 Å². The summed E-state index contributed by atoms with van der Waals surface area (Å²) in [6, 6.07) is 0. The minimum atomic E-state index is 0.248. The number of hydrogen-bond donors (Lipinski definition) is 1. The molecule has 3 heteroatoms. The van der Waals surface area contributed by atoms with E-state index < -0.39 is 0 Å². The van der Waals surface area contributed by atoms with Crippen molar-refractivity contribution in [1.29, 1.82) is 0 Å². The molecule has 1 rings (SSSR count). The Hall–Kier alpha value is -0.570. The summed E-state index contributed by atoms with van der Waals surface area (Å²) in [5, 5.41) is 9.03. The second-order valence-electron chi connectivity index (χ2n) is 7.00. The lowest BCUT2D eigenvalue weighted by Gasteiger charge is -2.18. The summed E-state index contributed by atoms with van der Waals surface area (Å²) in [4.78, 5) is 6.81. The number of nitrogens with zero attached hydrogens (tertiary/aromatic N) is 2. The molecule has 0 amide bonds. The number of aliphatic hydroxyl groups is 1. The molecular weight excluding hydrogens is 284 g/mol. The molecule has 1 aliphatic rings. The molecule has 0 radical (unpaired) electrons. The fraction of sp³-hybridized carbons (Fsp3) is 0.950. The first-order chi connectivity index (χ1) is 11.4. The van der Waals surface area contributed by atoms with Crippen LogP contribution in [-0.2, 0) is 0 Å². The second-order valence-corrected chi connectivity index (χ2v) is 7.00. The monoisotopic (exact) mass is 324 g/mol.